The van der Waals surface area contributed by atoms with E-state index in [1.807, 2.05) is 6.92 Å². The first-order valence-electron chi connectivity index (χ1n) is 4.64. The van der Waals surface area contributed by atoms with Crippen LogP contribution in [0.4, 0.5) is 4.39 Å². The summed E-state index contributed by atoms with van der Waals surface area (Å²) in [6.45, 7) is 2.68. The molecule has 1 aliphatic rings. The second-order valence-corrected chi connectivity index (χ2v) is 3.67. The summed E-state index contributed by atoms with van der Waals surface area (Å²) >= 11 is 0. The molecule has 1 fully saturated rings. The molecule has 1 aromatic carbocycles. The van der Waals surface area contributed by atoms with Gasteiger partial charge in [0.05, 0.1) is 19.3 Å². The van der Waals surface area contributed by atoms with Crippen LogP contribution >= 0.6 is 0 Å². The number of hydrogen-bond acceptors (Lipinski definition) is 2. The predicted octanol–water partition coefficient (Wildman–Crippen LogP) is 2.47. The molecule has 0 spiro atoms. The van der Waals surface area contributed by atoms with Gasteiger partial charge in [-0.15, -0.1) is 0 Å². The van der Waals surface area contributed by atoms with Crippen LogP contribution in [0.5, 0.6) is 5.75 Å². The highest BCUT2D eigenvalue weighted by atomic mass is 19.1. The summed E-state index contributed by atoms with van der Waals surface area (Å²) in [6.07, 6.45) is 0.910. The molecule has 0 aromatic heterocycles. The lowest BCUT2D eigenvalue weighted by Gasteiger charge is -2.39. The van der Waals surface area contributed by atoms with Crippen molar-refractivity contribution in [3.63, 3.8) is 0 Å². The fourth-order valence-corrected chi connectivity index (χ4v) is 1.71. The third-order valence-electron chi connectivity index (χ3n) is 2.73. The summed E-state index contributed by atoms with van der Waals surface area (Å²) in [4.78, 5) is 0. The van der Waals surface area contributed by atoms with Gasteiger partial charge < -0.3 is 9.47 Å². The Morgan fingerprint density at radius 2 is 2.21 bits per heavy atom. The van der Waals surface area contributed by atoms with Crippen molar-refractivity contribution < 1.29 is 13.9 Å². The molecule has 0 bridgehead atoms. The Morgan fingerprint density at radius 1 is 1.50 bits per heavy atom. The summed E-state index contributed by atoms with van der Waals surface area (Å²) in [5, 5.41) is 0. The van der Waals surface area contributed by atoms with Gasteiger partial charge in [-0.3, -0.25) is 0 Å². The van der Waals surface area contributed by atoms with Gasteiger partial charge in [-0.2, -0.15) is 0 Å². The van der Waals surface area contributed by atoms with Gasteiger partial charge in [0.1, 0.15) is 11.6 Å². The maximum Gasteiger partial charge on any atom is 0.125 e. The third kappa shape index (κ3) is 1.38. The van der Waals surface area contributed by atoms with Crippen molar-refractivity contribution in [3.05, 3.63) is 29.6 Å². The zero-order chi connectivity index (χ0) is 10.2. The van der Waals surface area contributed by atoms with Gasteiger partial charge in [-0.05, 0) is 25.1 Å². The fraction of sp³-hybridized carbons (Fsp3) is 0.455. The van der Waals surface area contributed by atoms with E-state index in [9.17, 15) is 4.39 Å². The molecule has 2 nitrogen and oxygen atoms in total. The molecular formula is C11H13FO2. The van der Waals surface area contributed by atoms with Crippen molar-refractivity contribution >= 4 is 0 Å². The van der Waals surface area contributed by atoms with Gasteiger partial charge in [-0.1, -0.05) is 0 Å². The lowest BCUT2D eigenvalue weighted by atomic mass is 9.88. The zero-order valence-electron chi connectivity index (χ0n) is 8.34. The van der Waals surface area contributed by atoms with Crippen molar-refractivity contribution in [3.8, 4) is 5.75 Å². The molecule has 1 atom stereocenters. The van der Waals surface area contributed by atoms with Crippen molar-refractivity contribution in [2.45, 2.75) is 18.9 Å². The average molecular weight is 196 g/mol. The molecule has 1 aliphatic heterocycles. The second kappa shape index (κ2) is 3.24. The molecule has 1 heterocycles. The van der Waals surface area contributed by atoms with E-state index >= 15 is 0 Å². The topological polar surface area (TPSA) is 18.5 Å². The van der Waals surface area contributed by atoms with E-state index in [-0.39, 0.29) is 11.4 Å². The van der Waals surface area contributed by atoms with E-state index in [2.05, 4.69) is 0 Å². The first-order valence-corrected chi connectivity index (χ1v) is 4.64. The molecule has 3 heteroatoms. The normalized spacial score (nSPS) is 25.6. The molecule has 76 valence electrons. The van der Waals surface area contributed by atoms with Gasteiger partial charge in [0.15, 0.2) is 0 Å². The van der Waals surface area contributed by atoms with Crippen molar-refractivity contribution in [2.75, 3.05) is 13.7 Å². The Bertz CT molecular complexity index is 345. The standard InChI is InChI=1S/C11H13FO2/c1-11(5-6-14-11)9-7-8(12)3-4-10(9)13-2/h3-4,7H,5-6H2,1-2H3. The van der Waals surface area contributed by atoms with Gasteiger partial charge in [0.2, 0.25) is 0 Å². The molecule has 1 unspecified atom stereocenters. The quantitative estimate of drug-likeness (QED) is 0.723. The van der Waals surface area contributed by atoms with Gasteiger partial charge in [0.25, 0.3) is 0 Å². The summed E-state index contributed by atoms with van der Waals surface area (Å²) in [7, 11) is 1.58. The Balaban J connectivity index is 2.43. The maximum absolute atomic E-state index is 13.1. The third-order valence-corrected chi connectivity index (χ3v) is 2.73. The van der Waals surface area contributed by atoms with Crippen LogP contribution in [-0.2, 0) is 10.3 Å². The van der Waals surface area contributed by atoms with Gasteiger partial charge >= 0.3 is 0 Å². The number of halogens is 1. The number of methoxy groups -OCH3 is 1. The monoisotopic (exact) mass is 196 g/mol. The van der Waals surface area contributed by atoms with Gasteiger partial charge in [-0.25, -0.2) is 4.39 Å². The minimum absolute atomic E-state index is 0.252. The molecule has 1 saturated heterocycles. The van der Waals surface area contributed by atoms with Crippen molar-refractivity contribution in [1.29, 1.82) is 0 Å². The smallest absolute Gasteiger partial charge is 0.125 e. The van der Waals surface area contributed by atoms with Crippen LogP contribution in [0.15, 0.2) is 18.2 Å². The van der Waals surface area contributed by atoms with Crippen LogP contribution in [0, 0.1) is 5.82 Å². The fourth-order valence-electron chi connectivity index (χ4n) is 1.71. The Hall–Kier alpha value is -1.09. The number of ether oxygens (including phenoxy) is 2. The molecule has 0 radical (unpaired) electrons. The summed E-state index contributed by atoms with van der Waals surface area (Å²) < 4.78 is 23.7. The first-order chi connectivity index (χ1) is 6.65. The van der Waals surface area contributed by atoms with Gasteiger partial charge in [0, 0.05) is 12.0 Å². The Morgan fingerprint density at radius 3 is 2.71 bits per heavy atom. The number of benzene rings is 1. The Labute approximate surface area is 82.6 Å². The molecular weight excluding hydrogens is 183 g/mol. The van der Waals surface area contributed by atoms with Crippen molar-refractivity contribution in [1.82, 2.24) is 0 Å². The SMILES string of the molecule is COc1ccc(F)cc1C1(C)CCO1. The Kier molecular flexibility index (Phi) is 2.19. The van der Waals surface area contributed by atoms with Crippen LogP contribution in [-0.4, -0.2) is 13.7 Å². The minimum Gasteiger partial charge on any atom is -0.496 e. The largest absolute Gasteiger partial charge is 0.496 e. The molecule has 0 aliphatic carbocycles. The summed E-state index contributed by atoms with van der Waals surface area (Å²) in [5.41, 5.74) is 0.430. The van der Waals surface area contributed by atoms with E-state index < -0.39 is 0 Å². The molecule has 0 saturated carbocycles. The van der Waals surface area contributed by atoms with E-state index in [4.69, 9.17) is 9.47 Å². The lowest BCUT2D eigenvalue weighted by molar-refractivity contribution is -0.141. The summed E-state index contributed by atoms with van der Waals surface area (Å²) in [6, 6.07) is 4.51. The highest BCUT2D eigenvalue weighted by Gasteiger charge is 2.37. The van der Waals surface area contributed by atoms with E-state index in [1.54, 1.807) is 13.2 Å². The predicted molar refractivity (Wildman–Crippen MR) is 50.9 cm³/mol. The number of hydrogen-bond donors (Lipinski definition) is 0. The lowest BCUT2D eigenvalue weighted by Crippen LogP contribution is -2.38. The number of rotatable bonds is 2. The average Bonchev–Trinajstić information content (AvgIpc) is 2.14. The zero-order valence-corrected chi connectivity index (χ0v) is 8.34. The molecule has 14 heavy (non-hydrogen) atoms. The molecule has 2 rings (SSSR count). The van der Waals surface area contributed by atoms with Crippen LogP contribution in [0.25, 0.3) is 0 Å². The van der Waals surface area contributed by atoms with Crippen LogP contribution in [0.2, 0.25) is 0 Å². The highest BCUT2D eigenvalue weighted by molar-refractivity contribution is 5.39. The van der Waals surface area contributed by atoms with Crippen molar-refractivity contribution in [2.24, 2.45) is 0 Å². The van der Waals surface area contributed by atoms with E-state index in [1.165, 1.54) is 12.1 Å². The van der Waals surface area contributed by atoms with Crippen LogP contribution in [0.1, 0.15) is 18.9 Å². The van der Waals surface area contributed by atoms with Crippen LogP contribution < -0.4 is 4.74 Å². The second-order valence-electron chi connectivity index (χ2n) is 3.67. The summed E-state index contributed by atoms with van der Waals surface area (Å²) in [5.74, 6) is 0.436. The molecule has 0 N–H and O–H groups in total. The first kappa shape index (κ1) is 9.46. The van der Waals surface area contributed by atoms with E-state index in [0.717, 1.165) is 18.6 Å². The molecule has 1 aromatic rings. The van der Waals surface area contributed by atoms with E-state index in [0.29, 0.717) is 5.75 Å². The minimum atomic E-state index is -0.368. The highest BCUT2D eigenvalue weighted by Crippen LogP contribution is 2.41. The van der Waals surface area contributed by atoms with Crippen LogP contribution in [0.3, 0.4) is 0 Å². The molecule has 0 amide bonds. The maximum atomic E-state index is 13.1.